The van der Waals surface area contributed by atoms with E-state index in [1.165, 1.54) is 5.56 Å². The number of carbonyl (C=O) groups is 12. The Labute approximate surface area is 617 Å². The molecule has 4 fully saturated rings. The van der Waals surface area contributed by atoms with Crippen molar-refractivity contribution in [3.8, 4) is 23.0 Å². The minimum atomic E-state index is -1.00. The summed E-state index contributed by atoms with van der Waals surface area (Å²) in [5.41, 5.74) is 9.79. The first-order chi connectivity index (χ1) is 51.6. The number of nitrogens with one attached hydrogen (secondary N) is 1. The summed E-state index contributed by atoms with van der Waals surface area (Å²) in [6, 6.07) is 45.4. The topological polar surface area (TPSA) is 309 Å². The number of fused-ring (bicyclic) bond motifs is 4. The van der Waals surface area contributed by atoms with Gasteiger partial charge in [0.15, 0.2) is 11.6 Å². The van der Waals surface area contributed by atoms with Crippen LogP contribution >= 0.6 is 0 Å². The molecule has 554 valence electrons. The summed E-state index contributed by atoms with van der Waals surface area (Å²) < 4.78 is 34.8. The first-order valence-corrected chi connectivity index (χ1v) is 35.6. The lowest BCUT2D eigenvalue weighted by atomic mass is 9.92. The number of amides is 7. The molecule has 15 rings (SSSR count). The highest BCUT2D eigenvalue weighted by molar-refractivity contribution is 6.24. The molecule has 6 aliphatic heterocycles. The largest absolute Gasteiger partial charge is 0.489 e. The molecule has 2 saturated carbocycles. The smallest absolute Gasteiger partial charge is 0.410 e. The van der Waals surface area contributed by atoms with Gasteiger partial charge in [-0.1, -0.05) is 103 Å². The van der Waals surface area contributed by atoms with E-state index in [9.17, 15) is 52.7 Å². The van der Waals surface area contributed by atoms with Crippen LogP contribution in [0.1, 0.15) is 164 Å². The van der Waals surface area contributed by atoms with Crippen LogP contribution in [0.5, 0.6) is 23.0 Å². The molecule has 107 heavy (non-hydrogen) atoms. The molecule has 3 unspecified atom stereocenters. The van der Waals surface area contributed by atoms with E-state index in [0.717, 1.165) is 88.0 Å². The van der Waals surface area contributed by atoms with Crippen molar-refractivity contribution in [2.24, 2.45) is 0 Å². The zero-order valence-corrected chi connectivity index (χ0v) is 59.6. The third-order valence-corrected chi connectivity index (χ3v) is 19.5. The summed E-state index contributed by atoms with van der Waals surface area (Å²) in [5.74, 6) is -0.617. The van der Waals surface area contributed by atoms with E-state index < -0.39 is 47.4 Å². The van der Waals surface area contributed by atoms with Crippen LogP contribution in [0.3, 0.4) is 0 Å². The lowest BCUT2D eigenvalue weighted by Crippen LogP contribution is -2.54. The van der Waals surface area contributed by atoms with Gasteiger partial charge in [0, 0.05) is 74.2 Å². The number of hydrogen-bond acceptors (Lipinski definition) is 19. The number of ketones is 4. The Morgan fingerprint density at radius 2 is 0.991 bits per heavy atom. The minimum absolute atomic E-state index is 0.0490. The number of rotatable bonds is 17. The summed E-state index contributed by atoms with van der Waals surface area (Å²) >= 11 is 0. The van der Waals surface area contributed by atoms with Crippen molar-refractivity contribution in [2.75, 3.05) is 26.3 Å². The van der Waals surface area contributed by atoms with Gasteiger partial charge in [-0.3, -0.25) is 72.8 Å². The highest BCUT2D eigenvalue weighted by Crippen LogP contribution is 2.39. The molecular weight excluding hydrogens is 1370 g/mol. The molecule has 2 aliphatic carbocycles. The second-order valence-corrected chi connectivity index (χ2v) is 28.1. The molecule has 2 saturated heterocycles. The summed E-state index contributed by atoms with van der Waals surface area (Å²) in [5, 5.41) is 9.09. The van der Waals surface area contributed by atoms with Gasteiger partial charge in [0.05, 0.1) is 62.4 Å². The zero-order valence-electron chi connectivity index (χ0n) is 59.6. The van der Waals surface area contributed by atoms with E-state index in [4.69, 9.17) is 38.3 Å². The van der Waals surface area contributed by atoms with Gasteiger partial charge in [-0.2, -0.15) is 0 Å². The lowest BCUT2D eigenvalue weighted by molar-refractivity contribution is -0.137. The SMILES string of the molecule is CC(C)(C)OC(=O)N1Cc2ccc(COc3cccc4c3CN(C3CCC(=O)CC3=O)C4=O)cc2C1.O=C1CCC(N2C(=O)c3cccc(OCc4ccc(CN5CCOCC5)cc4)c3C2=O)C(=O)N1.O=C1CCC(N2Cc3c(OCc4ccc(COc5ccccc5)cc4)cccc3C2=O)C(=O)C1.O=CO. The number of ether oxygens (including phenoxy) is 6. The lowest BCUT2D eigenvalue weighted by Gasteiger charge is -2.29. The van der Waals surface area contributed by atoms with E-state index in [1.807, 2.05) is 118 Å². The Morgan fingerprint density at radius 3 is 1.52 bits per heavy atom. The monoisotopic (exact) mass is 1450 g/mol. The summed E-state index contributed by atoms with van der Waals surface area (Å²) in [7, 11) is 0. The minimum Gasteiger partial charge on any atom is -0.489 e. The molecular formula is C82H82N6O19. The number of Topliss-reactive ketones (excluding diaryl/α,β-unsaturated/α-hetero) is 4. The molecule has 3 atom stereocenters. The Kier molecular flexibility index (Phi) is 23.6. The van der Waals surface area contributed by atoms with Crippen molar-refractivity contribution in [1.82, 2.24) is 29.8 Å². The standard InChI is InChI=1S/C28H30N2O6.C28H25NO5.C25H25N3O6.CH2O2/c1-28(2,3)36-27(34)29-13-18-8-7-17(11-19(18)14-29)16-35-25-6-4-5-21-22(25)15-30(26(21)33)23-10-9-20(31)12-24(23)32;30-21-13-14-25(26(31)15-21)29-16-24-23(28(29)32)7-4-8-27(24)34-18-20-11-9-19(10-12-20)17-33-22-5-2-1-3-6-22;29-21-9-8-19(23(30)26-21)28-24(31)18-2-1-3-20(22(18)25(28)32)34-15-17-6-4-16(5-7-17)14-27-10-12-33-13-11-27;2-1-3/h4-8,11,23H,9-10,12-16H2,1-3H3;1-12,25H,13-18H2;1-7,19H,8-15H2,(H,26,29,30);1H,(H,2,3). The molecule has 7 aromatic carbocycles. The van der Waals surface area contributed by atoms with Crippen LogP contribution in [-0.2, 0) is 102 Å². The van der Waals surface area contributed by atoms with Crippen LogP contribution in [0.25, 0.3) is 0 Å². The highest BCUT2D eigenvalue weighted by atomic mass is 16.6. The number of morpholine rings is 1. The van der Waals surface area contributed by atoms with Crippen LogP contribution in [-0.4, -0.2) is 151 Å². The van der Waals surface area contributed by atoms with Crippen molar-refractivity contribution in [1.29, 1.82) is 0 Å². The second kappa shape index (κ2) is 33.6. The van der Waals surface area contributed by atoms with Crippen molar-refractivity contribution < 1.29 is 91.1 Å². The molecule has 0 aromatic heterocycles. The zero-order chi connectivity index (χ0) is 75.5. The number of carboxylic acid groups (broad SMARTS) is 1. The molecule has 7 amide bonds. The molecule has 7 aromatic rings. The van der Waals surface area contributed by atoms with Crippen LogP contribution in [0, 0.1) is 0 Å². The maximum absolute atomic E-state index is 13.1. The summed E-state index contributed by atoms with van der Waals surface area (Å²) in [6.07, 6.45) is 1.12. The maximum Gasteiger partial charge on any atom is 0.410 e. The van der Waals surface area contributed by atoms with Crippen molar-refractivity contribution in [2.45, 2.75) is 155 Å². The fourth-order valence-electron chi connectivity index (χ4n) is 14.1. The number of piperidine rings is 1. The van der Waals surface area contributed by atoms with E-state index in [1.54, 1.807) is 57.2 Å². The van der Waals surface area contributed by atoms with Crippen LogP contribution in [0.4, 0.5) is 4.79 Å². The fraction of sp³-hybridized carbons (Fsp3) is 0.341. The first-order valence-electron chi connectivity index (χ1n) is 35.6. The molecule has 6 heterocycles. The summed E-state index contributed by atoms with van der Waals surface area (Å²) in [4.78, 5) is 153. The number of carbonyl (C=O) groups excluding carboxylic acids is 11. The predicted molar refractivity (Wildman–Crippen MR) is 384 cm³/mol. The molecule has 8 aliphatic rings. The highest BCUT2D eigenvalue weighted by Gasteiger charge is 2.47. The van der Waals surface area contributed by atoms with Crippen molar-refractivity contribution in [3.05, 3.63) is 224 Å². The summed E-state index contributed by atoms with van der Waals surface area (Å²) in [6.45, 7) is 12.5. The van der Waals surface area contributed by atoms with E-state index in [-0.39, 0.29) is 90.9 Å². The van der Waals surface area contributed by atoms with E-state index >= 15 is 0 Å². The Bertz CT molecular complexity index is 4590. The second-order valence-electron chi connectivity index (χ2n) is 28.1. The van der Waals surface area contributed by atoms with Gasteiger partial charge in [-0.15, -0.1) is 0 Å². The predicted octanol–water partition coefficient (Wildman–Crippen LogP) is 9.85. The van der Waals surface area contributed by atoms with Gasteiger partial charge in [-0.25, -0.2) is 4.79 Å². The van der Waals surface area contributed by atoms with Crippen molar-refractivity contribution >= 4 is 71.1 Å². The van der Waals surface area contributed by atoms with Gasteiger partial charge in [0.1, 0.15) is 72.6 Å². The molecule has 0 radical (unpaired) electrons. The molecule has 25 nitrogen and oxygen atoms in total. The number of nitrogens with zero attached hydrogens (tertiary/aromatic N) is 5. The number of imide groups is 2. The van der Waals surface area contributed by atoms with Gasteiger partial charge in [0.2, 0.25) is 11.8 Å². The molecule has 0 bridgehead atoms. The normalized spacial score (nSPS) is 18.9. The molecule has 2 N–H and O–H groups in total. The van der Waals surface area contributed by atoms with Crippen LogP contribution in [0.15, 0.2) is 152 Å². The third-order valence-electron chi connectivity index (χ3n) is 19.5. The average molecular weight is 1460 g/mol. The Balaban J connectivity index is 0.000000147. The number of benzene rings is 7. The maximum atomic E-state index is 13.1. The Morgan fingerprint density at radius 1 is 0.514 bits per heavy atom. The first kappa shape index (κ1) is 75.0. The Hall–Kier alpha value is -11.7. The fourth-order valence-corrected chi connectivity index (χ4v) is 14.1. The molecule has 0 spiro atoms. The number of hydrogen-bond donors (Lipinski definition) is 2. The number of para-hydroxylation sites is 1. The van der Waals surface area contributed by atoms with E-state index in [2.05, 4.69) is 22.3 Å². The molecule has 25 heteroatoms. The van der Waals surface area contributed by atoms with Crippen molar-refractivity contribution in [3.63, 3.8) is 0 Å². The van der Waals surface area contributed by atoms with Gasteiger partial charge in [0.25, 0.3) is 30.1 Å². The quantitative estimate of drug-likeness (QED) is 0.0486. The average Bonchev–Trinajstić information content (AvgIpc) is 1.61. The third kappa shape index (κ3) is 18.0. The van der Waals surface area contributed by atoms with Gasteiger partial charge in [-0.05, 0) is 128 Å². The van der Waals surface area contributed by atoms with Gasteiger partial charge >= 0.3 is 6.09 Å². The van der Waals surface area contributed by atoms with Gasteiger partial charge < -0.3 is 43.3 Å². The van der Waals surface area contributed by atoms with Crippen LogP contribution < -0.4 is 24.3 Å². The van der Waals surface area contributed by atoms with Crippen LogP contribution in [0.2, 0.25) is 0 Å². The van der Waals surface area contributed by atoms with E-state index in [0.29, 0.717) is 100 Å².